The third-order valence-electron chi connectivity index (χ3n) is 5.15. The number of fused-ring (bicyclic) bond motifs is 4. The minimum atomic E-state index is -0.216. The molecule has 0 unspecified atom stereocenters. The van der Waals surface area contributed by atoms with Crippen LogP contribution in [0.25, 0.3) is 11.3 Å². The summed E-state index contributed by atoms with van der Waals surface area (Å²) in [6, 6.07) is 12.9. The van der Waals surface area contributed by atoms with Crippen LogP contribution in [0.3, 0.4) is 0 Å². The molecule has 0 radical (unpaired) electrons. The SMILES string of the molecule is Nc1ccc(-c2ccc3c(n2)N(C(=O)Nc2ccccn2)[C@H]2CCN3C2)cn1. The van der Waals surface area contributed by atoms with Crippen molar-refractivity contribution in [3.63, 3.8) is 0 Å². The lowest BCUT2D eigenvalue weighted by molar-refractivity contribution is 0.254. The first-order valence-corrected chi connectivity index (χ1v) is 9.18. The quantitative estimate of drug-likeness (QED) is 0.716. The van der Waals surface area contributed by atoms with E-state index in [-0.39, 0.29) is 12.1 Å². The van der Waals surface area contributed by atoms with Crippen LogP contribution in [0.1, 0.15) is 6.42 Å². The Hall–Kier alpha value is -3.68. The van der Waals surface area contributed by atoms with E-state index in [1.807, 2.05) is 30.3 Å². The maximum absolute atomic E-state index is 13.1. The number of rotatable bonds is 2. The van der Waals surface area contributed by atoms with E-state index in [1.165, 1.54) is 0 Å². The Morgan fingerprint density at radius 1 is 1.14 bits per heavy atom. The molecule has 2 bridgehead atoms. The molecule has 1 atom stereocenters. The van der Waals surface area contributed by atoms with E-state index in [1.54, 1.807) is 29.4 Å². The number of nitrogens with zero attached hydrogens (tertiary/aromatic N) is 5. The smallest absolute Gasteiger partial charge is 0.329 e. The van der Waals surface area contributed by atoms with Gasteiger partial charge in [-0.1, -0.05) is 6.07 Å². The third kappa shape index (κ3) is 2.79. The number of anilines is 4. The van der Waals surface area contributed by atoms with Gasteiger partial charge in [0.1, 0.15) is 11.6 Å². The van der Waals surface area contributed by atoms with Crippen LogP contribution in [0.5, 0.6) is 0 Å². The number of aromatic nitrogens is 3. The molecule has 1 fully saturated rings. The number of carbonyl (C=O) groups is 1. The molecule has 8 nitrogen and oxygen atoms in total. The van der Waals surface area contributed by atoms with Gasteiger partial charge >= 0.3 is 6.03 Å². The summed E-state index contributed by atoms with van der Waals surface area (Å²) in [6.07, 6.45) is 4.26. The summed E-state index contributed by atoms with van der Waals surface area (Å²) in [6.45, 7) is 1.72. The average Bonchev–Trinajstić information content (AvgIpc) is 3.13. The Kier molecular flexibility index (Phi) is 3.82. The fourth-order valence-corrected chi connectivity index (χ4v) is 3.80. The van der Waals surface area contributed by atoms with E-state index in [0.29, 0.717) is 17.5 Å². The molecule has 28 heavy (non-hydrogen) atoms. The first-order chi connectivity index (χ1) is 13.7. The van der Waals surface area contributed by atoms with Crippen molar-refractivity contribution >= 4 is 29.2 Å². The molecule has 3 aromatic heterocycles. The molecule has 3 aromatic rings. The second kappa shape index (κ2) is 6.49. The highest BCUT2D eigenvalue weighted by Crippen LogP contribution is 2.40. The molecule has 0 aromatic carbocycles. The summed E-state index contributed by atoms with van der Waals surface area (Å²) in [5.41, 5.74) is 8.27. The molecule has 1 saturated heterocycles. The van der Waals surface area contributed by atoms with Gasteiger partial charge in [-0.2, -0.15) is 0 Å². The predicted molar refractivity (Wildman–Crippen MR) is 108 cm³/mol. The average molecular weight is 373 g/mol. The summed E-state index contributed by atoms with van der Waals surface area (Å²) in [4.78, 5) is 30.3. The van der Waals surface area contributed by atoms with E-state index < -0.39 is 0 Å². The minimum Gasteiger partial charge on any atom is -0.384 e. The zero-order valence-electron chi connectivity index (χ0n) is 15.1. The largest absolute Gasteiger partial charge is 0.384 e. The lowest BCUT2D eigenvalue weighted by Crippen LogP contribution is -2.48. The van der Waals surface area contributed by atoms with Crippen molar-refractivity contribution < 1.29 is 4.79 Å². The first-order valence-electron chi connectivity index (χ1n) is 9.18. The van der Waals surface area contributed by atoms with Crippen molar-refractivity contribution in [2.24, 2.45) is 0 Å². The fraction of sp³-hybridized carbons (Fsp3) is 0.200. The van der Waals surface area contributed by atoms with E-state index in [9.17, 15) is 4.79 Å². The third-order valence-corrected chi connectivity index (χ3v) is 5.15. The Morgan fingerprint density at radius 3 is 2.86 bits per heavy atom. The number of nitrogen functional groups attached to an aromatic ring is 1. The molecular formula is C20H19N7O. The van der Waals surface area contributed by atoms with E-state index in [4.69, 9.17) is 10.7 Å². The summed E-state index contributed by atoms with van der Waals surface area (Å²) in [5, 5.41) is 2.89. The monoisotopic (exact) mass is 373 g/mol. The van der Waals surface area contributed by atoms with Gasteiger partial charge < -0.3 is 10.6 Å². The summed E-state index contributed by atoms with van der Waals surface area (Å²) >= 11 is 0. The lowest BCUT2D eigenvalue weighted by atomic mass is 10.1. The molecule has 8 heteroatoms. The van der Waals surface area contributed by atoms with Gasteiger partial charge in [-0.15, -0.1) is 0 Å². The molecule has 2 aliphatic rings. The zero-order chi connectivity index (χ0) is 19.1. The van der Waals surface area contributed by atoms with Crippen LogP contribution in [0.4, 0.5) is 27.9 Å². The molecule has 140 valence electrons. The number of carbonyl (C=O) groups excluding carboxylic acids is 1. The Labute approximate surface area is 162 Å². The molecule has 0 saturated carbocycles. The molecule has 5 rings (SSSR count). The normalized spacial score (nSPS) is 17.4. The van der Waals surface area contributed by atoms with E-state index in [0.717, 1.165) is 36.5 Å². The van der Waals surface area contributed by atoms with Crippen molar-refractivity contribution in [1.82, 2.24) is 15.0 Å². The van der Waals surface area contributed by atoms with Gasteiger partial charge in [0.25, 0.3) is 0 Å². The van der Waals surface area contributed by atoms with Crippen molar-refractivity contribution in [3.8, 4) is 11.3 Å². The maximum atomic E-state index is 13.1. The van der Waals surface area contributed by atoms with Crippen molar-refractivity contribution in [2.45, 2.75) is 12.5 Å². The van der Waals surface area contributed by atoms with Crippen LogP contribution in [0.15, 0.2) is 54.9 Å². The van der Waals surface area contributed by atoms with Gasteiger partial charge in [-0.25, -0.2) is 19.7 Å². The molecule has 0 spiro atoms. The van der Waals surface area contributed by atoms with Gasteiger partial charge in [0.15, 0.2) is 5.82 Å². The van der Waals surface area contributed by atoms with Crippen LogP contribution in [-0.4, -0.2) is 40.1 Å². The molecule has 0 aliphatic carbocycles. The number of hydrogen-bond acceptors (Lipinski definition) is 6. The zero-order valence-corrected chi connectivity index (χ0v) is 15.1. The Morgan fingerprint density at radius 2 is 2.07 bits per heavy atom. The molecule has 3 N–H and O–H groups in total. The molecule has 2 amide bonds. The summed E-state index contributed by atoms with van der Waals surface area (Å²) in [5.74, 6) is 1.65. The highest BCUT2D eigenvalue weighted by atomic mass is 16.2. The lowest BCUT2D eigenvalue weighted by Gasteiger charge is -2.35. The van der Waals surface area contributed by atoms with Gasteiger partial charge in [0.05, 0.1) is 17.4 Å². The number of amides is 2. The standard InChI is InChI=1S/C20H19N7O/c21-17-7-4-13(11-23-17)15-5-6-16-19(24-15)27(14-8-10-26(16)12-14)20(28)25-18-3-1-2-9-22-18/h1-7,9,11,14H,8,10,12H2,(H2,21,23)(H,22,25,28)/t14-/m0/s1. The van der Waals surface area contributed by atoms with Crippen molar-refractivity contribution in [1.29, 1.82) is 0 Å². The van der Waals surface area contributed by atoms with Gasteiger partial charge in [0, 0.05) is 31.0 Å². The van der Waals surface area contributed by atoms with Gasteiger partial charge in [0.2, 0.25) is 0 Å². The minimum absolute atomic E-state index is 0.0866. The van der Waals surface area contributed by atoms with E-state index >= 15 is 0 Å². The maximum Gasteiger partial charge on any atom is 0.329 e. The highest BCUT2D eigenvalue weighted by molar-refractivity contribution is 6.04. The van der Waals surface area contributed by atoms with Gasteiger partial charge in [-0.05, 0) is 42.8 Å². The molecule has 2 aliphatic heterocycles. The van der Waals surface area contributed by atoms with E-state index in [2.05, 4.69) is 20.2 Å². The van der Waals surface area contributed by atoms with Crippen molar-refractivity contribution in [2.75, 3.05) is 33.9 Å². The molecular weight excluding hydrogens is 354 g/mol. The van der Waals surface area contributed by atoms with Gasteiger partial charge in [-0.3, -0.25) is 10.2 Å². The first kappa shape index (κ1) is 16.5. The number of nitrogens with one attached hydrogen (secondary N) is 1. The number of nitrogens with two attached hydrogens (primary N) is 1. The van der Waals surface area contributed by atoms with Crippen LogP contribution in [0, 0.1) is 0 Å². The van der Waals surface area contributed by atoms with Crippen LogP contribution < -0.4 is 20.9 Å². The Bertz CT molecular complexity index is 1020. The van der Waals surface area contributed by atoms with Crippen LogP contribution in [-0.2, 0) is 0 Å². The van der Waals surface area contributed by atoms with Crippen LogP contribution in [0.2, 0.25) is 0 Å². The number of urea groups is 1. The number of hydrogen-bond donors (Lipinski definition) is 2. The van der Waals surface area contributed by atoms with Crippen molar-refractivity contribution in [3.05, 3.63) is 54.9 Å². The second-order valence-electron chi connectivity index (χ2n) is 6.91. The topological polar surface area (TPSA) is 100 Å². The highest BCUT2D eigenvalue weighted by Gasteiger charge is 2.40. The summed E-state index contributed by atoms with van der Waals surface area (Å²) in [7, 11) is 0. The Balaban J connectivity index is 1.53. The van der Waals surface area contributed by atoms with Crippen LogP contribution >= 0.6 is 0 Å². The predicted octanol–water partition coefficient (Wildman–Crippen LogP) is 2.75. The second-order valence-corrected chi connectivity index (χ2v) is 6.91. The number of pyridine rings is 3. The summed E-state index contributed by atoms with van der Waals surface area (Å²) < 4.78 is 0. The molecule has 5 heterocycles. The fourth-order valence-electron chi connectivity index (χ4n) is 3.80.